The lowest BCUT2D eigenvalue weighted by Gasteiger charge is -2.39. The van der Waals surface area contributed by atoms with E-state index >= 15 is 0 Å². The van der Waals surface area contributed by atoms with Crippen LogP contribution in [0.2, 0.25) is 0 Å². The summed E-state index contributed by atoms with van der Waals surface area (Å²) in [7, 11) is 2.05. The van der Waals surface area contributed by atoms with Crippen LogP contribution in [0.5, 0.6) is 0 Å². The molecule has 0 radical (unpaired) electrons. The molecule has 0 spiro atoms. The summed E-state index contributed by atoms with van der Waals surface area (Å²) in [6, 6.07) is 9.20. The second kappa shape index (κ2) is 4.94. The monoisotopic (exact) mass is 233 g/mol. The fraction of sp³-hybridized carbons (Fsp3) is 0.538. The summed E-state index contributed by atoms with van der Waals surface area (Å²) >= 11 is 0. The number of hydrogen-bond donors (Lipinski definition) is 2. The summed E-state index contributed by atoms with van der Waals surface area (Å²) < 4.78 is 0. The molecule has 2 N–H and O–H groups in total. The van der Waals surface area contributed by atoms with Gasteiger partial charge in [0.2, 0.25) is 0 Å². The van der Waals surface area contributed by atoms with Crippen LogP contribution in [0.3, 0.4) is 0 Å². The van der Waals surface area contributed by atoms with Crippen LogP contribution in [0.25, 0.3) is 0 Å². The fourth-order valence-electron chi connectivity index (χ4n) is 2.42. The average Bonchev–Trinajstić information content (AvgIpc) is 2.35. The average molecular weight is 233 g/mol. The molecule has 1 fully saturated rings. The lowest BCUT2D eigenvalue weighted by Crippen LogP contribution is -2.46. The van der Waals surface area contributed by atoms with Crippen molar-refractivity contribution in [3.05, 3.63) is 35.9 Å². The lowest BCUT2D eigenvalue weighted by molar-refractivity contribution is -0.0387. The van der Waals surface area contributed by atoms with Gasteiger partial charge in [0.1, 0.15) is 6.04 Å². The van der Waals surface area contributed by atoms with Crippen LogP contribution in [-0.2, 0) is 0 Å². The molecule has 1 atom stereocenters. The molecule has 2 rings (SSSR count). The lowest BCUT2D eigenvalue weighted by atomic mass is 9.81. The number of nitrogens with zero attached hydrogens (tertiary/aromatic N) is 2. The highest BCUT2D eigenvalue weighted by Gasteiger charge is 2.40. The first kappa shape index (κ1) is 12.2. The molecule has 0 saturated carbocycles. The molecule has 0 amide bonds. The van der Waals surface area contributed by atoms with Crippen LogP contribution in [0.1, 0.15) is 24.4 Å². The Balaban J connectivity index is 2.21. The molecule has 4 heteroatoms. The van der Waals surface area contributed by atoms with Crippen LogP contribution in [0.4, 0.5) is 0 Å². The largest absolute Gasteiger partial charge is 0.387 e. The van der Waals surface area contributed by atoms with E-state index in [1.165, 1.54) is 0 Å². The van der Waals surface area contributed by atoms with Gasteiger partial charge in [-0.3, -0.25) is 0 Å². The predicted octanol–water partition coefficient (Wildman–Crippen LogP) is 2.22. The summed E-state index contributed by atoms with van der Waals surface area (Å²) in [4.78, 5) is 2.19. The minimum Gasteiger partial charge on any atom is -0.387 e. The Kier molecular flexibility index (Phi) is 3.54. The number of benzene rings is 1. The van der Waals surface area contributed by atoms with Gasteiger partial charge < -0.3 is 10.0 Å². The SMILES string of the molecule is CN1CCC(O)(C(N=N)c2ccccc2)CC1. The minimum absolute atomic E-state index is 0.433. The van der Waals surface area contributed by atoms with Crippen LogP contribution >= 0.6 is 0 Å². The van der Waals surface area contributed by atoms with Crippen molar-refractivity contribution >= 4 is 0 Å². The van der Waals surface area contributed by atoms with Gasteiger partial charge in [0.05, 0.1) is 5.60 Å². The number of aliphatic hydroxyl groups is 1. The first-order valence-electron chi connectivity index (χ1n) is 5.98. The van der Waals surface area contributed by atoms with Crippen LogP contribution in [-0.4, -0.2) is 35.7 Å². The number of likely N-dealkylation sites (tertiary alicyclic amines) is 1. The Morgan fingerprint density at radius 1 is 1.29 bits per heavy atom. The van der Waals surface area contributed by atoms with Gasteiger partial charge in [-0.25, -0.2) is 5.53 Å². The molecule has 1 aliphatic rings. The highest BCUT2D eigenvalue weighted by atomic mass is 16.3. The van der Waals surface area contributed by atoms with Gasteiger partial charge in [-0.2, -0.15) is 5.11 Å². The molecule has 1 aliphatic heterocycles. The molecular formula is C13H19N3O. The van der Waals surface area contributed by atoms with Crippen molar-refractivity contribution in [2.45, 2.75) is 24.5 Å². The van der Waals surface area contributed by atoms with E-state index in [1.807, 2.05) is 30.3 Å². The second-order valence-electron chi connectivity index (χ2n) is 4.85. The van der Waals surface area contributed by atoms with E-state index in [-0.39, 0.29) is 0 Å². The smallest absolute Gasteiger partial charge is 0.124 e. The number of piperidine rings is 1. The van der Waals surface area contributed by atoms with Crippen molar-refractivity contribution < 1.29 is 5.11 Å². The van der Waals surface area contributed by atoms with E-state index in [1.54, 1.807) is 0 Å². The standard InChI is InChI=1S/C13H19N3O/c1-16-9-7-13(17,8-10-16)12(15-14)11-5-3-2-4-6-11/h2-6,12,14,17H,7-10H2,1H3. The molecule has 4 nitrogen and oxygen atoms in total. The Morgan fingerprint density at radius 3 is 2.41 bits per heavy atom. The van der Waals surface area contributed by atoms with E-state index < -0.39 is 11.6 Å². The van der Waals surface area contributed by atoms with Crippen molar-refractivity contribution in [1.29, 1.82) is 5.53 Å². The van der Waals surface area contributed by atoms with Gasteiger partial charge in [-0.05, 0) is 25.5 Å². The molecule has 1 saturated heterocycles. The summed E-state index contributed by atoms with van der Waals surface area (Å²) in [6.45, 7) is 1.71. The molecule has 1 unspecified atom stereocenters. The van der Waals surface area contributed by atoms with E-state index in [0.717, 1.165) is 18.7 Å². The van der Waals surface area contributed by atoms with E-state index in [2.05, 4.69) is 17.1 Å². The Morgan fingerprint density at radius 2 is 1.88 bits per heavy atom. The zero-order valence-corrected chi connectivity index (χ0v) is 10.1. The van der Waals surface area contributed by atoms with E-state index in [9.17, 15) is 5.11 Å². The van der Waals surface area contributed by atoms with Gasteiger partial charge in [-0.15, -0.1) is 0 Å². The molecule has 0 bridgehead atoms. The first-order chi connectivity index (χ1) is 8.15. The van der Waals surface area contributed by atoms with Crippen molar-refractivity contribution in [2.24, 2.45) is 5.11 Å². The van der Waals surface area contributed by atoms with Gasteiger partial charge in [0.25, 0.3) is 0 Å². The third-order valence-corrected chi connectivity index (χ3v) is 3.61. The van der Waals surface area contributed by atoms with Gasteiger partial charge in [-0.1, -0.05) is 30.3 Å². The summed E-state index contributed by atoms with van der Waals surface area (Å²) in [5.41, 5.74) is 7.42. The second-order valence-corrected chi connectivity index (χ2v) is 4.85. The molecule has 1 aromatic carbocycles. The van der Waals surface area contributed by atoms with Gasteiger partial charge in [0, 0.05) is 13.1 Å². The Bertz CT molecular complexity index is 372. The summed E-state index contributed by atoms with van der Waals surface area (Å²) in [5.74, 6) is 0. The molecule has 0 aliphatic carbocycles. The van der Waals surface area contributed by atoms with Crippen molar-refractivity contribution in [3.8, 4) is 0 Å². The zero-order chi connectivity index (χ0) is 12.3. The van der Waals surface area contributed by atoms with Gasteiger partial charge >= 0.3 is 0 Å². The number of rotatable bonds is 3. The zero-order valence-electron chi connectivity index (χ0n) is 10.1. The maximum Gasteiger partial charge on any atom is 0.124 e. The molecule has 1 heterocycles. The van der Waals surface area contributed by atoms with Gasteiger partial charge in [0.15, 0.2) is 0 Å². The normalized spacial score (nSPS) is 22.0. The maximum atomic E-state index is 10.7. The Labute approximate surface area is 102 Å². The minimum atomic E-state index is -0.865. The summed E-state index contributed by atoms with van der Waals surface area (Å²) in [6.07, 6.45) is 1.34. The molecular weight excluding hydrogens is 214 g/mol. The predicted molar refractivity (Wildman–Crippen MR) is 66.0 cm³/mol. The van der Waals surface area contributed by atoms with Crippen molar-refractivity contribution in [2.75, 3.05) is 20.1 Å². The molecule has 0 aromatic heterocycles. The van der Waals surface area contributed by atoms with Crippen molar-refractivity contribution in [1.82, 2.24) is 4.90 Å². The van der Waals surface area contributed by atoms with E-state index in [4.69, 9.17) is 5.53 Å². The van der Waals surface area contributed by atoms with Crippen LogP contribution in [0.15, 0.2) is 35.4 Å². The molecule has 17 heavy (non-hydrogen) atoms. The molecule has 1 aromatic rings. The maximum absolute atomic E-state index is 10.7. The first-order valence-corrected chi connectivity index (χ1v) is 5.98. The quantitative estimate of drug-likeness (QED) is 0.786. The highest BCUT2D eigenvalue weighted by molar-refractivity contribution is 5.22. The third-order valence-electron chi connectivity index (χ3n) is 3.61. The third kappa shape index (κ3) is 2.53. The number of nitrogens with one attached hydrogen (secondary N) is 1. The van der Waals surface area contributed by atoms with Crippen LogP contribution in [0, 0.1) is 5.53 Å². The van der Waals surface area contributed by atoms with Crippen LogP contribution < -0.4 is 0 Å². The van der Waals surface area contributed by atoms with Crippen molar-refractivity contribution in [3.63, 3.8) is 0 Å². The summed E-state index contributed by atoms with van der Waals surface area (Å²) in [5, 5.41) is 14.3. The highest BCUT2D eigenvalue weighted by Crippen LogP contribution is 2.37. The topological polar surface area (TPSA) is 59.7 Å². The molecule has 92 valence electrons. The number of hydrogen-bond acceptors (Lipinski definition) is 4. The fourth-order valence-corrected chi connectivity index (χ4v) is 2.42. The Hall–Kier alpha value is -1.26. The van der Waals surface area contributed by atoms with E-state index in [0.29, 0.717) is 12.8 Å².